The lowest BCUT2D eigenvalue weighted by Crippen LogP contribution is -2.39. The van der Waals surface area contributed by atoms with E-state index < -0.39 is 11.5 Å². The number of alkyl halides is 1. The summed E-state index contributed by atoms with van der Waals surface area (Å²) in [6.45, 7) is 21.2. The van der Waals surface area contributed by atoms with E-state index in [2.05, 4.69) is 16.9 Å². The molecule has 1 rings (SSSR count). The summed E-state index contributed by atoms with van der Waals surface area (Å²) in [5.74, 6) is -0.612. The number of nitrogens with one attached hydrogen (secondary N) is 1. The molecule has 0 aromatic carbocycles. The van der Waals surface area contributed by atoms with Gasteiger partial charge in [-0.1, -0.05) is 38.2 Å². The maximum Gasteiger partial charge on any atom is 0.251 e. The van der Waals surface area contributed by atoms with Crippen molar-refractivity contribution in [2.24, 2.45) is 5.73 Å². The van der Waals surface area contributed by atoms with Crippen molar-refractivity contribution in [3.8, 4) is 0 Å². The Morgan fingerprint density at radius 2 is 1.86 bits per heavy atom. The van der Waals surface area contributed by atoms with Crippen molar-refractivity contribution in [3.63, 3.8) is 0 Å². The highest BCUT2D eigenvalue weighted by Crippen LogP contribution is 2.30. The Kier molecular flexibility index (Phi) is 14.7. The predicted molar refractivity (Wildman–Crippen MR) is 152 cm³/mol. The van der Waals surface area contributed by atoms with Gasteiger partial charge < -0.3 is 16.0 Å². The summed E-state index contributed by atoms with van der Waals surface area (Å²) in [4.78, 5) is 20.1. The molecule has 0 aliphatic heterocycles. The number of allylic oxidation sites excluding steroid dienone is 3. The minimum Gasteiger partial charge on any atom is -0.377 e. The maximum atomic E-state index is 14.7. The molecule has 1 atom stereocenters. The molecule has 208 valence electrons. The average Bonchev–Trinajstić information content (AvgIpc) is 2.83. The van der Waals surface area contributed by atoms with Gasteiger partial charge in [-0.2, -0.15) is 0 Å². The molecule has 0 aliphatic carbocycles. The number of hydrogen-bond acceptors (Lipinski definition) is 5. The topological polar surface area (TPSA) is 74.5 Å². The molecular formula is C29H47F2N5O. The zero-order chi connectivity index (χ0) is 28.9. The molecule has 6 nitrogen and oxygen atoms in total. The fraction of sp³-hybridized carbons (Fsp3) is 0.517. The second-order valence-corrected chi connectivity index (χ2v) is 9.11. The van der Waals surface area contributed by atoms with Crippen molar-refractivity contribution in [1.29, 1.82) is 0 Å². The van der Waals surface area contributed by atoms with Crippen molar-refractivity contribution < 1.29 is 13.6 Å². The molecule has 0 saturated heterocycles. The number of hydrogen-bond donors (Lipinski definition) is 2. The van der Waals surface area contributed by atoms with Crippen molar-refractivity contribution in [2.45, 2.75) is 74.0 Å². The van der Waals surface area contributed by atoms with Crippen LogP contribution in [0, 0.1) is 6.92 Å². The molecule has 1 aromatic heterocycles. The average molecular weight is 520 g/mol. The summed E-state index contributed by atoms with van der Waals surface area (Å²) < 4.78 is 28.9. The molecule has 0 radical (unpaired) electrons. The molecule has 0 fully saturated rings. The molecule has 3 N–H and O–H groups in total. The normalized spacial score (nSPS) is 13.4. The van der Waals surface area contributed by atoms with Crippen molar-refractivity contribution in [2.75, 3.05) is 32.0 Å². The Morgan fingerprint density at radius 3 is 2.35 bits per heavy atom. The highest BCUT2D eigenvalue weighted by Gasteiger charge is 2.25. The quantitative estimate of drug-likeness (QED) is 0.248. The number of rotatable bonds is 12. The number of carbonyl (C=O) groups is 1. The molecule has 0 spiro atoms. The van der Waals surface area contributed by atoms with Gasteiger partial charge in [0.15, 0.2) is 0 Å². The van der Waals surface area contributed by atoms with Crippen molar-refractivity contribution in [1.82, 2.24) is 14.8 Å². The minimum absolute atomic E-state index is 0.203. The van der Waals surface area contributed by atoms with Gasteiger partial charge in [-0.3, -0.25) is 14.7 Å². The van der Waals surface area contributed by atoms with Gasteiger partial charge in [0, 0.05) is 44.5 Å². The van der Waals surface area contributed by atoms with Gasteiger partial charge in [0.25, 0.3) is 5.91 Å². The number of likely N-dealkylation sites (N-methyl/N-ethyl adjacent to an activating group) is 2. The van der Waals surface area contributed by atoms with Crippen LogP contribution < -0.4 is 11.1 Å². The fourth-order valence-electron chi connectivity index (χ4n) is 3.57. The molecule has 0 unspecified atom stereocenters. The third-order valence-corrected chi connectivity index (χ3v) is 5.46. The predicted octanol–water partition coefficient (Wildman–Crippen LogP) is 6.38. The standard InChI is InChI=1S/C27H41F2N5O.C2H6/c1-10-34(16-15-30)26(21(5)28)33(9)24(35)14-11-18(2)17-19(3)22(6)32-23-13-12-20(4)31-25(23)27(7,8)29;1-2/h11-14,17,22,32H,3,10,15-16,30H2,1-2,4-9H3;1-2H3/b14-11+,18-17-,26-21-;/t22-;/m1./s1. The van der Waals surface area contributed by atoms with Gasteiger partial charge in [-0.05, 0) is 66.2 Å². The molecule has 8 heteroatoms. The summed E-state index contributed by atoms with van der Waals surface area (Å²) in [5.41, 5.74) is 7.25. The first-order chi connectivity index (χ1) is 17.2. The molecule has 1 heterocycles. The molecule has 0 saturated carbocycles. The number of pyridine rings is 1. The van der Waals surface area contributed by atoms with Gasteiger partial charge in [-0.25, -0.2) is 8.78 Å². The van der Waals surface area contributed by atoms with E-state index in [1.807, 2.05) is 59.8 Å². The number of nitrogens with zero attached hydrogens (tertiary/aromatic N) is 3. The number of carbonyl (C=O) groups excluding carboxylic acids is 1. The number of aryl methyl sites for hydroxylation is 1. The van der Waals surface area contributed by atoms with Crippen molar-refractivity contribution >= 4 is 11.6 Å². The Balaban J connectivity index is 0.00000631. The molecule has 0 bridgehead atoms. The number of halogens is 2. The van der Waals surface area contributed by atoms with Gasteiger partial charge in [0.2, 0.25) is 0 Å². The highest BCUT2D eigenvalue weighted by molar-refractivity contribution is 5.89. The molecule has 37 heavy (non-hydrogen) atoms. The van der Waals surface area contributed by atoms with Crippen LogP contribution in [0.1, 0.15) is 66.8 Å². The number of aromatic nitrogens is 1. The fourth-order valence-corrected chi connectivity index (χ4v) is 3.57. The highest BCUT2D eigenvalue weighted by atomic mass is 19.1. The Hall–Kier alpha value is -3.00. The van der Waals surface area contributed by atoms with Crippen LogP contribution in [0.15, 0.2) is 59.7 Å². The molecular weight excluding hydrogens is 472 g/mol. The van der Waals surface area contributed by atoms with Crippen LogP contribution in [0.2, 0.25) is 0 Å². The van der Waals surface area contributed by atoms with Gasteiger partial charge in [0.05, 0.1) is 5.69 Å². The summed E-state index contributed by atoms with van der Waals surface area (Å²) in [7, 11) is 1.54. The monoisotopic (exact) mass is 519 g/mol. The van der Waals surface area contributed by atoms with Crippen LogP contribution >= 0.6 is 0 Å². The van der Waals surface area contributed by atoms with Crippen LogP contribution in [0.3, 0.4) is 0 Å². The van der Waals surface area contributed by atoms with E-state index in [0.29, 0.717) is 31.0 Å². The summed E-state index contributed by atoms with van der Waals surface area (Å²) in [5, 5.41) is 3.28. The Morgan fingerprint density at radius 1 is 1.27 bits per heavy atom. The van der Waals surface area contributed by atoms with E-state index in [9.17, 15) is 13.6 Å². The first kappa shape index (κ1) is 34.0. The summed E-state index contributed by atoms with van der Waals surface area (Å²) in [6, 6.07) is 3.43. The van der Waals surface area contributed by atoms with Crippen LogP contribution in [0.4, 0.5) is 14.5 Å². The summed E-state index contributed by atoms with van der Waals surface area (Å²) >= 11 is 0. The van der Waals surface area contributed by atoms with Crippen LogP contribution in [0.5, 0.6) is 0 Å². The molecule has 1 amide bonds. The largest absolute Gasteiger partial charge is 0.377 e. The van der Waals surface area contributed by atoms with E-state index in [0.717, 1.165) is 16.8 Å². The first-order valence-electron chi connectivity index (χ1n) is 12.8. The lowest BCUT2D eigenvalue weighted by atomic mass is 10.0. The van der Waals surface area contributed by atoms with E-state index in [4.69, 9.17) is 5.73 Å². The number of nitrogens with two attached hydrogens (primary N) is 1. The zero-order valence-corrected chi connectivity index (χ0v) is 24.4. The second kappa shape index (κ2) is 16.0. The van der Waals surface area contributed by atoms with E-state index >= 15 is 0 Å². The molecule has 1 aromatic rings. The lowest BCUT2D eigenvalue weighted by Gasteiger charge is -2.31. The summed E-state index contributed by atoms with van der Waals surface area (Å²) in [6.07, 6.45) is 4.89. The third-order valence-electron chi connectivity index (χ3n) is 5.46. The van der Waals surface area contributed by atoms with Gasteiger partial charge in [-0.15, -0.1) is 0 Å². The number of anilines is 1. The SMILES string of the molecule is C=C(/C=C(C)\C=C\C(=O)N(C)/C(=C(\C)F)N(CC)CCN)[C@@H](C)Nc1ccc(C)nc1C(C)(C)F.CC. The molecule has 0 aliphatic rings. The van der Waals surface area contributed by atoms with E-state index in [-0.39, 0.29) is 17.8 Å². The van der Waals surface area contributed by atoms with Gasteiger partial charge in [0.1, 0.15) is 23.0 Å². The van der Waals surface area contributed by atoms with Crippen molar-refractivity contribution in [3.05, 3.63) is 71.1 Å². The maximum absolute atomic E-state index is 14.7. The smallest absolute Gasteiger partial charge is 0.251 e. The van der Waals surface area contributed by atoms with Crippen LogP contribution in [-0.4, -0.2) is 53.4 Å². The second-order valence-electron chi connectivity index (χ2n) is 9.11. The van der Waals surface area contributed by atoms with Crippen LogP contribution in [0.25, 0.3) is 0 Å². The van der Waals surface area contributed by atoms with E-state index in [1.165, 1.54) is 38.8 Å². The Bertz CT molecular complexity index is 989. The van der Waals surface area contributed by atoms with Gasteiger partial charge >= 0.3 is 0 Å². The minimum atomic E-state index is -1.60. The Labute approximate surface area is 223 Å². The van der Waals surface area contributed by atoms with E-state index in [1.54, 1.807) is 11.0 Å². The lowest BCUT2D eigenvalue weighted by molar-refractivity contribution is -0.124. The van der Waals surface area contributed by atoms with Crippen LogP contribution in [-0.2, 0) is 10.5 Å². The third kappa shape index (κ3) is 10.9. The first-order valence-corrected chi connectivity index (χ1v) is 12.8. The number of amides is 1. The zero-order valence-electron chi connectivity index (χ0n) is 24.4.